The third-order valence-electron chi connectivity index (χ3n) is 2.32. The van der Waals surface area contributed by atoms with Crippen LogP contribution in [0.15, 0.2) is 0 Å². The molecule has 1 aliphatic rings. The van der Waals surface area contributed by atoms with E-state index >= 15 is 0 Å². The molecule has 1 saturated heterocycles. The summed E-state index contributed by atoms with van der Waals surface area (Å²) in [5.41, 5.74) is 0.111. The van der Waals surface area contributed by atoms with Crippen LogP contribution in [0, 0.1) is 0 Å². The maximum atomic E-state index is 3.99. The van der Waals surface area contributed by atoms with E-state index in [1.807, 2.05) is 0 Å². The van der Waals surface area contributed by atoms with E-state index in [0.717, 1.165) is 24.8 Å². The van der Waals surface area contributed by atoms with Gasteiger partial charge in [0.1, 0.15) is 0 Å². The summed E-state index contributed by atoms with van der Waals surface area (Å²) in [5.74, 6) is 0. The zero-order chi connectivity index (χ0) is 9.31. The molecule has 72 valence electrons. The maximum absolute atomic E-state index is 3.99. The van der Waals surface area contributed by atoms with Crippen molar-refractivity contribution in [2.75, 3.05) is 24.5 Å². The lowest BCUT2D eigenvalue weighted by Crippen LogP contribution is -2.58. The highest BCUT2D eigenvalue weighted by atomic mass is 32.1. The van der Waals surface area contributed by atoms with Crippen molar-refractivity contribution in [3.05, 3.63) is 0 Å². The molecule has 0 spiro atoms. The second-order valence-electron chi connectivity index (χ2n) is 3.79. The number of nitrogens with zero attached hydrogens (tertiary/aromatic N) is 4. The molecule has 0 unspecified atom stereocenters. The molecule has 0 saturated carbocycles. The van der Waals surface area contributed by atoms with E-state index < -0.39 is 0 Å². The summed E-state index contributed by atoms with van der Waals surface area (Å²) in [5, 5.41) is 11.9. The second kappa shape index (κ2) is 3.19. The van der Waals surface area contributed by atoms with Crippen LogP contribution >= 0.6 is 11.5 Å². The molecule has 0 bridgehead atoms. The third-order valence-corrected chi connectivity index (χ3v) is 2.94. The van der Waals surface area contributed by atoms with E-state index in [-0.39, 0.29) is 5.54 Å². The molecule has 1 aromatic heterocycles. The van der Waals surface area contributed by atoms with Crippen molar-refractivity contribution in [3.8, 4) is 0 Å². The zero-order valence-corrected chi connectivity index (χ0v) is 8.63. The molecule has 13 heavy (non-hydrogen) atoms. The first-order valence-corrected chi connectivity index (χ1v) is 5.11. The van der Waals surface area contributed by atoms with Crippen LogP contribution in [0.3, 0.4) is 0 Å². The van der Waals surface area contributed by atoms with Crippen LogP contribution in [0.1, 0.15) is 13.8 Å². The van der Waals surface area contributed by atoms with Gasteiger partial charge in [0.05, 0.1) is 0 Å². The van der Waals surface area contributed by atoms with Gasteiger partial charge in [-0.3, -0.25) is 0 Å². The van der Waals surface area contributed by atoms with Crippen LogP contribution in [0.5, 0.6) is 0 Å². The Kier molecular flexibility index (Phi) is 2.17. The molecule has 2 heterocycles. The third kappa shape index (κ3) is 1.64. The van der Waals surface area contributed by atoms with Crippen LogP contribution in [-0.2, 0) is 0 Å². The number of nitrogens with one attached hydrogen (secondary N) is 1. The maximum Gasteiger partial charge on any atom is 0.228 e. The van der Waals surface area contributed by atoms with Crippen LogP contribution < -0.4 is 10.2 Å². The van der Waals surface area contributed by atoms with E-state index in [9.17, 15) is 0 Å². The van der Waals surface area contributed by atoms with Gasteiger partial charge in [-0.15, -0.1) is 0 Å². The largest absolute Gasteiger partial charge is 0.338 e. The smallest absolute Gasteiger partial charge is 0.228 e. The van der Waals surface area contributed by atoms with Crippen molar-refractivity contribution >= 4 is 16.7 Å². The van der Waals surface area contributed by atoms with Crippen molar-refractivity contribution in [1.29, 1.82) is 0 Å². The van der Waals surface area contributed by atoms with Gasteiger partial charge in [0.2, 0.25) is 5.13 Å². The summed E-state index contributed by atoms with van der Waals surface area (Å²) in [6.07, 6.45) is 0. The van der Waals surface area contributed by atoms with E-state index in [4.69, 9.17) is 0 Å². The molecule has 1 aromatic rings. The van der Waals surface area contributed by atoms with Gasteiger partial charge in [-0.25, -0.2) is 0 Å². The highest BCUT2D eigenvalue weighted by Gasteiger charge is 2.31. The van der Waals surface area contributed by atoms with Crippen LogP contribution in [-0.4, -0.2) is 40.0 Å². The first kappa shape index (κ1) is 8.83. The Morgan fingerprint density at radius 2 is 2.38 bits per heavy atom. The summed E-state index contributed by atoms with van der Waals surface area (Å²) in [4.78, 5) is 2.26. The Hall–Kier alpha value is -0.750. The monoisotopic (exact) mass is 199 g/mol. The van der Waals surface area contributed by atoms with Crippen molar-refractivity contribution in [1.82, 2.24) is 20.1 Å². The van der Waals surface area contributed by atoms with Crippen molar-refractivity contribution in [2.45, 2.75) is 19.4 Å². The zero-order valence-electron chi connectivity index (χ0n) is 7.82. The normalized spacial score (nSPS) is 21.8. The van der Waals surface area contributed by atoms with Gasteiger partial charge in [0.15, 0.2) is 0 Å². The molecule has 0 atom stereocenters. The number of piperazine rings is 1. The summed E-state index contributed by atoms with van der Waals surface area (Å²) in [6.45, 7) is 7.35. The van der Waals surface area contributed by atoms with Crippen molar-refractivity contribution in [2.24, 2.45) is 0 Å². The van der Waals surface area contributed by atoms with Gasteiger partial charge in [0.25, 0.3) is 0 Å². The summed E-state index contributed by atoms with van der Waals surface area (Å²) >= 11 is 1.36. The van der Waals surface area contributed by atoms with Gasteiger partial charge in [-0.2, -0.15) is 0 Å². The van der Waals surface area contributed by atoms with Gasteiger partial charge in [-0.1, -0.05) is 9.59 Å². The lowest BCUT2D eigenvalue weighted by atomic mass is 10.0. The Labute approximate surface area is 81.3 Å². The molecule has 2 rings (SSSR count). The number of rotatable bonds is 1. The first-order valence-electron chi connectivity index (χ1n) is 4.33. The Morgan fingerprint density at radius 3 is 3.00 bits per heavy atom. The molecule has 0 radical (unpaired) electrons. The molecule has 6 heteroatoms. The van der Waals surface area contributed by atoms with E-state index in [2.05, 4.69) is 38.9 Å². The average molecular weight is 199 g/mol. The Bertz CT molecular complexity index is 270. The predicted molar refractivity (Wildman–Crippen MR) is 52.0 cm³/mol. The fourth-order valence-electron chi connectivity index (χ4n) is 1.57. The molecule has 0 aromatic carbocycles. The number of aromatic nitrogens is 3. The SMILES string of the molecule is CC1(C)CNCCN1c1nnns1. The second-order valence-corrected chi connectivity index (χ2v) is 4.50. The number of hydrogen-bond acceptors (Lipinski definition) is 6. The fourth-order valence-corrected chi connectivity index (χ4v) is 2.23. The van der Waals surface area contributed by atoms with E-state index in [1.54, 1.807) is 0 Å². The standard InChI is InChI=1S/C7H13N5S/c1-7(2)5-8-3-4-12(7)6-9-10-11-13-6/h8H,3-5H2,1-2H3. The molecule has 0 aliphatic carbocycles. The molecule has 1 aliphatic heterocycles. The minimum Gasteiger partial charge on any atom is -0.338 e. The quantitative estimate of drug-likeness (QED) is 0.696. The minimum atomic E-state index is 0.111. The minimum absolute atomic E-state index is 0.111. The number of hydrogen-bond donors (Lipinski definition) is 1. The number of anilines is 1. The molecular formula is C7H13N5S. The van der Waals surface area contributed by atoms with Gasteiger partial charge < -0.3 is 10.2 Å². The fraction of sp³-hybridized carbons (Fsp3) is 0.857. The summed E-state index contributed by atoms with van der Waals surface area (Å²) in [6, 6.07) is 0. The van der Waals surface area contributed by atoms with Gasteiger partial charge in [0, 0.05) is 36.7 Å². The van der Waals surface area contributed by atoms with Crippen molar-refractivity contribution < 1.29 is 0 Å². The van der Waals surface area contributed by atoms with Crippen LogP contribution in [0.2, 0.25) is 0 Å². The molecule has 5 nitrogen and oxygen atoms in total. The lowest BCUT2D eigenvalue weighted by Gasteiger charge is -2.42. The predicted octanol–water partition coefficient (Wildman–Crippen LogP) is 0.121. The highest BCUT2D eigenvalue weighted by Crippen LogP contribution is 2.24. The first-order chi connectivity index (χ1) is 6.20. The Morgan fingerprint density at radius 1 is 1.54 bits per heavy atom. The molecular weight excluding hydrogens is 186 g/mol. The van der Waals surface area contributed by atoms with E-state index in [1.165, 1.54) is 11.5 Å². The van der Waals surface area contributed by atoms with Crippen molar-refractivity contribution in [3.63, 3.8) is 0 Å². The summed E-state index contributed by atoms with van der Waals surface area (Å²) in [7, 11) is 0. The van der Waals surface area contributed by atoms with E-state index in [0.29, 0.717) is 0 Å². The molecule has 0 amide bonds. The van der Waals surface area contributed by atoms with Crippen LogP contribution in [0.4, 0.5) is 5.13 Å². The topological polar surface area (TPSA) is 53.9 Å². The lowest BCUT2D eigenvalue weighted by molar-refractivity contribution is 0.379. The van der Waals surface area contributed by atoms with Gasteiger partial charge >= 0.3 is 0 Å². The van der Waals surface area contributed by atoms with Crippen LogP contribution in [0.25, 0.3) is 0 Å². The van der Waals surface area contributed by atoms with Gasteiger partial charge in [-0.05, 0) is 19.1 Å². The molecule has 1 fully saturated rings. The molecule has 1 N–H and O–H groups in total. The average Bonchev–Trinajstić information content (AvgIpc) is 2.55. The highest BCUT2D eigenvalue weighted by molar-refractivity contribution is 7.09. The summed E-state index contributed by atoms with van der Waals surface area (Å²) < 4.78 is 3.78. The Balaban J connectivity index is 2.21.